The van der Waals surface area contributed by atoms with Gasteiger partial charge in [-0.2, -0.15) is 0 Å². The van der Waals surface area contributed by atoms with Crippen molar-refractivity contribution in [2.75, 3.05) is 26.4 Å². The van der Waals surface area contributed by atoms with Crippen molar-refractivity contribution in [1.82, 2.24) is 4.72 Å². The molecule has 0 saturated carbocycles. The first-order valence-electron chi connectivity index (χ1n) is 6.43. The van der Waals surface area contributed by atoms with Crippen molar-refractivity contribution in [3.63, 3.8) is 0 Å². The molecule has 0 radical (unpaired) electrons. The smallest absolute Gasteiger partial charge is 0.240 e. The maximum Gasteiger partial charge on any atom is 0.240 e. The Labute approximate surface area is 118 Å². The summed E-state index contributed by atoms with van der Waals surface area (Å²) in [6, 6.07) is 4.84. The van der Waals surface area contributed by atoms with E-state index < -0.39 is 10.0 Å². The van der Waals surface area contributed by atoms with Crippen LogP contribution in [0.5, 0.6) is 0 Å². The Hall–Kier alpha value is -0.990. The molecule has 112 valence electrons. The Morgan fingerprint density at radius 1 is 1.40 bits per heavy atom. The third-order valence-electron chi connectivity index (χ3n) is 3.24. The van der Waals surface area contributed by atoms with Crippen molar-refractivity contribution in [1.29, 1.82) is 0 Å². The predicted molar refractivity (Wildman–Crippen MR) is 72.8 cm³/mol. The maximum absolute atomic E-state index is 12.3. The van der Waals surface area contributed by atoms with E-state index in [1.807, 2.05) is 0 Å². The predicted octanol–water partition coefficient (Wildman–Crippen LogP) is 0.181. The lowest BCUT2D eigenvalue weighted by atomic mass is 10.1. The minimum absolute atomic E-state index is 0.172. The molecule has 1 aliphatic rings. The van der Waals surface area contributed by atoms with Gasteiger partial charge in [0.15, 0.2) is 0 Å². The molecule has 0 bridgehead atoms. The summed E-state index contributed by atoms with van der Waals surface area (Å²) in [5.41, 5.74) is 1.16. The molecule has 1 aromatic carbocycles. The summed E-state index contributed by atoms with van der Waals surface area (Å²) in [4.78, 5) is 0.181. The highest BCUT2D eigenvalue weighted by Crippen LogP contribution is 2.18. The average molecular weight is 301 g/mol. The molecule has 1 aliphatic heterocycles. The van der Waals surface area contributed by atoms with E-state index in [0.29, 0.717) is 30.9 Å². The Balaban J connectivity index is 2.10. The quantitative estimate of drug-likeness (QED) is 0.810. The van der Waals surface area contributed by atoms with Crippen LogP contribution in [0.3, 0.4) is 0 Å². The van der Waals surface area contributed by atoms with E-state index in [4.69, 9.17) is 9.47 Å². The van der Waals surface area contributed by atoms with E-state index in [1.54, 1.807) is 19.1 Å². The van der Waals surface area contributed by atoms with Gasteiger partial charge in [-0.25, -0.2) is 13.1 Å². The number of sulfonamides is 1. The fourth-order valence-electron chi connectivity index (χ4n) is 2.06. The van der Waals surface area contributed by atoms with Gasteiger partial charge in [-0.1, -0.05) is 12.1 Å². The van der Waals surface area contributed by atoms with Crippen LogP contribution in [0.1, 0.15) is 11.1 Å². The molecule has 1 unspecified atom stereocenters. The van der Waals surface area contributed by atoms with Crippen molar-refractivity contribution in [3.05, 3.63) is 29.3 Å². The maximum atomic E-state index is 12.3. The van der Waals surface area contributed by atoms with Gasteiger partial charge >= 0.3 is 0 Å². The molecule has 7 heteroatoms. The van der Waals surface area contributed by atoms with Gasteiger partial charge in [0.1, 0.15) is 0 Å². The van der Waals surface area contributed by atoms with Crippen LogP contribution < -0.4 is 4.72 Å². The summed E-state index contributed by atoms with van der Waals surface area (Å²) in [7, 11) is -3.62. The molecule has 6 nitrogen and oxygen atoms in total. The fourth-order valence-corrected chi connectivity index (χ4v) is 3.41. The van der Waals surface area contributed by atoms with Crippen LogP contribution in [-0.2, 0) is 26.1 Å². The first-order chi connectivity index (χ1) is 9.54. The molecule has 1 aromatic rings. The van der Waals surface area contributed by atoms with E-state index in [2.05, 4.69) is 4.72 Å². The van der Waals surface area contributed by atoms with Crippen LogP contribution in [0.15, 0.2) is 23.1 Å². The first kappa shape index (κ1) is 15.4. The van der Waals surface area contributed by atoms with Gasteiger partial charge in [0.2, 0.25) is 10.0 Å². The number of benzene rings is 1. The first-order valence-corrected chi connectivity index (χ1v) is 7.91. The molecule has 1 fully saturated rings. The topological polar surface area (TPSA) is 84.9 Å². The van der Waals surface area contributed by atoms with Crippen LogP contribution in [0.25, 0.3) is 0 Å². The van der Waals surface area contributed by atoms with E-state index in [1.165, 1.54) is 6.07 Å². The minimum Gasteiger partial charge on any atom is -0.392 e. The van der Waals surface area contributed by atoms with Gasteiger partial charge < -0.3 is 14.6 Å². The van der Waals surface area contributed by atoms with Crippen LogP contribution in [0.4, 0.5) is 0 Å². The third kappa shape index (κ3) is 3.56. The van der Waals surface area contributed by atoms with Crippen molar-refractivity contribution in [3.8, 4) is 0 Å². The highest BCUT2D eigenvalue weighted by molar-refractivity contribution is 7.89. The number of ether oxygens (including phenoxy) is 2. The number of aliphatic hydroxyl groups excluding tert-OH is 1. The average Bonchev–Trinajstić information content (AvgIpc) is 2.46. The zero-order valence-corrected chi connectivity index (χ0v) is 12.1. The molecular weight excluding hydrogens is 282 g/mol. The number of hydrogen-bond acceptors (Lipinski definition) is 5. The molecule has 0 amide bonds. The van der Waals surface area contributed by atoms with Gasteiger partial charge in [0, 0.05) is 6.54 Å². The molecular formula is C13H19NO5S. The van der Waals surface area contributed by atoms with Crippen LogP contribution in [0.2, 0.25) is 0 Å². The van der Waals surface area contributed by atoms with Crippen molar-refractivity contribution in [2.45, 2.75) is 24.5 Å². The lowest BCUT2D eigenvalue weighted by molar-refractivity contribution is -0.0846. The van der Waals surface area contributed by atoms with E-state index in [-0.39, 0.29) is 24.2 Å². The summed E-state index contributed by atoms with van der Waals surface area (Å²) < 4.78 is 37.7. The second kappa shape index (κ2) is 6.64. The molecule has 0 aliphatic carbocycles. The van der Waals surface area contributed by atoms with E-state index in [0.717, 1.165) is 0 Å². The summed E-state index contributed by atoms with van der Waals surface area (Å²) in [6.07, 6.45) is -0.264. The highest BCUT2D eigenvalue weighted by Gasteiger charge is 2.21. The van der Waals surface area contributed by atoms with Gasteiger partial charge in [-0.15, -0.1) is 0 Å². The second-order valence-electron chi connectivity index (χ2n) is 4.62. The van der Waals surface area contributed by atoms with Gasteiger partial charge in [-0.05, 0) is 24.1 Å². The molecule has 2 rings (SSSR count). The van der Waals surface area contributed by atoms with Gasteiger partial charge in [0.05, 0.1) is 37.4 Å². The Morgan fingerprint density at radius 2 is 2.20 bits per heavy atom. The van der Waals surface area contributed by atoms with Crippen LogP contribution in [-0.4, -0.2) is 46.0 Å². The Morgan fingerprint density at radius 3 is 2.85 bits per heavy atom. The van der Waals surface area contributed by atoms with Crippen molar-refractivity contribution in [2.24, 2.45) is 0 Å². The standard InChI is InChI=1S/C13H19NO5S/c1-10-11(8-15)3-2-4-13(10)20(16,17)14-7-12-9-18-5-6-19-12/h2-4,12,14-15H,5-9H2,1H3. The van der Waals surface area contributed by atoms with Gasteiger partial charge in [0.25, 0.3) is 0 Å². The second-order valence-corrected chi connectivity index (χ2v) is 6.35. The van der Waals surface area contributed by atoms with Crippen LogP contribution >= 0.6 is 0 Å². The zero-order valence-electron chi connectivity index (χ0n) is 11.3. The number of rotatable bonds is 5. The highest BCUT2D eigenvalue weighted by atomic mass is 32.2. The largest absolute Gasteiger partial charge is 0.392 e. The minimum atomic E-state index is -3.62. The third-order valence-corrected chi connectivity index (χ3v) is 4.81. The Bertz CT molecular complexity index is 552. The Kier molecular flexibility index (Phi) is 5.11. The zero-order chi connectivity index (χ0) is 14.6. The lowest BCUT2D eigenvalue weighted by Crippen LogP contribution is -2.39. The molecule has 2 N–H and O–H groups in total. The normalized spacial score (nSPS) is 20.0. The SMILES string of the molecule is Cc1c(CO)cccc1S(=O)(=O)NCC1COCCO1. The molecule has 1 heterocycles. The summed E-state index contributed by atoms with van der Waals surface area (Å²) >= 11 is 0. The van der Waals surface area contributed by atoms with E-state index >= 15 is 0 Å². The molecule has 0 spiro atoms. The number of nitrogens with one attached hydrogen (secondary N) is 1. The van der Waals surface area contributed by atoms with Crippen molar-refractivity contribution < 1.29 is 23.0 Å². The van der Waals surface area contributed by atoms with Crippen LogP contribution in [0, 0.1) is 6.92 Å². The number of hydrogen-bond donors (Lipinski definition) is 2. The number of aliphatic hydroxyl groups is 1. The van der Waals surface area contributed by atoms with E-state index in [9.17, 15) is 13.5 Å². The monoisotopic (exact) mass is 301 g/mol. The lowest BCUT2D eigenvalue weighted by Gasteiger charge is -2.23. The molecule has 1 atom stereocenters. The molecule has 1 saturated heterocycles. The summed E-state index contributed by atoms with van der Waals surface area (Å²) in [5.74, 6) is 0. The molecule has 0 aromatic heterocycles. The summed E-state index contributed by atoms with van der Waals surface area (Å²) in [5, 5.41) is 9.19. The summed E-state index contributed by atoms with van der Waals surface area (Å²) in [6.45, 7) is 3.07. The molecule has 20 heavy (non-hydrogen) atoms. The fraction of sp³-hybridized carbons (Fsp3) is 0.538. The van der Waals surface area contributed by atoms with Gasteiger partial charge in [-0.3, -0.25) is 0 Å². The van der Waals surface area contributed by atoms with Crippen molar-refractivity contribution >= 4 is 10.0 Å².